The molecule has 0 aromatic heterocycles. The normalized spacial score (nSPS) is 22.8. The Bertz CT molecular complexity index is 516. The number of nitrogens with zero attached hydrogens (tertiary/aromatic N) is 1. The molecule has 6 nitrogen and oxygen atoms in total. The lowest BCUT2D eigenvalue weighted by Gasteiger charge is -2.17. The second-order valence-corrected chi connectivity index (χ2v) is 4.73. The molecule has 108 valence electrons. The first-order valence-corrected chi connectivity index (χ1v) is 6.66. The van der Waals surface area contributed by atoms with Crippen LogP contribution in [0.5, 0.6) is 0 Å². The molecule has 1 fully saturated rings. The van der Waals surface area contributed by atoms with Gasteiger partial charge in [0.15, 0.2) is 5.84 Å². The fourth-order valence-corrected chi connectivity index (χ4v) is 2.45. The predicted molar refractivity (Wildman–Crippen MR) is 75.7 cm³/mol. The molecule has 0 radical (unpaired) electrons. The summed E-state index contributed by atoms with van der Waals surface area (Å²) in [7, 11) is 0. The lowest BCUT2D eigenvalue weighted by Crippen LogP contribution is -2.30. The van der Waals surface area contributed by atoms with Gasteiger partial charge in [-0.3, -0.25) is 4.79 Å². The fraction of sp³-hybridized carbons (Fsp3) is 0.429. The van der Waals surface area contributed by atoms with Crippen LogP contribution in [0, 0.1) is 5.92 Å². The van der Waals surface area contributed by atoms with E-state index in [0.29, 0.717) is 17.9 Å². The maximum atomic E-state index is 12.3. The largest absolute Gasteiger partial charge is 0.409 e. The zero-order valence-corrected chi connectivity index (χ0v) is 11.4. The van der Waals surface area contributed by atoms with Gasteiger partial charge in [0.2, 0.25) is 5.91 Å². The quantitative estimate of drug-likeness (QED) is 0.336. The molecule has 1 aliphatic rings. The highest BCUT2D eigenvalue weighted by Crippen LogP contribution is 2.25. The van der Waals surface area contributed by atoms with Crippen LogP contribution in [-0.4, -0.2) is 29.7 Å². The summed E-state index contributed by atoms with van der Waals surface area (Å²) in [6, 6.07) is 6.96. The van der Waals surface area contributed by atoms with Crippen LogP contribution in [-0.2, 0) is 9.53 Å². The lowest BCUT2D eigenvalue weighted by atomic mass is 9.98. The topological polar surface area (TPSA) is 96.9 Å². The fourth-order valence-electron chi connectivity index (χ4n) is 2.45. The van der Waals surface area contributed by atoms with E-state index in [1.54, 1.807) is 24.3 Å². The van der Waals surface area contributed by atoms with E-state index in [1.807, 2.05) is 6.92 Å². The van der Waals surface area contributed by atoms with Gasteiger partial charge in [-0.25, -0.2) is 0 Å². The summed E-state index contributed by atoms with van der Waals surface area (Å²) >= 11 is 0. The van der Waals surface area contributed by atoms with E-state index in [-0.39, 0.29) is 23.8 Å². The Kier molecular flexibility index (Phi) is 4.57. The van der Waals surface area contributed by atoms with Gasteiger partial charge in [0, 0.05) is 12.2 Å². The molecule has 0 bridgehead atoms. The van der Waals surface area contributed by atoms with Gasteiger partial charge in [0.25, 0.3) is 0 Å². The number of rotatable bonds is 4. The zero-order chi connectivity index (χ0) is 14.5. The van der Waals surface area contributed by atoms with Crippen molar-refractivity contribution in [2.75, 3.05) is 11.9 Å². The van der Waals surface area contributed by atoms with Gasteiger partial charge < -0.3 is 21.0 Å². The second kappa shape index (κ2) is 6.38. The summed E-state index contributed by atoms with van der Waals surface area (Å²) in [6.07, 6.45) is 1.49. The summed E-state index contributed by atoms with van der Waals surface area (Å²) in [5, 5.41) is 14.6. The molecular weight excluding hydrogens is 258 g/mol. The number of carbonyl (C=O) groups excluding carboxylic acids is 1. The average Bonchev–Trinajstić information content (AvgIpc) is 2.95. The van der Waals surface area contributed by atoms with Crippen molar-refractivity contribution in [3.8, 4) is 0 Å². The second-order valence-electron chi connectivity index (χ2n) is 4.73. The molecule has 1 aromatic carbocycles. The highest BCUT2D eigenvalue weighted by atomic mass is 16.5. The number of ether oxygens (including phenoxy) is 1. The minimum atomic E-state index is -0.152. The zero-order valence-electron chi connectivity index (χ0n) is 11.4. The standard InChI is InChI=1S/C14H19N3O3/c1-2-12-10(7-8-20-12)14(18)16-11-6-4-3-5-9(11)13(15)17-19/h3-6,10,12,19H,2,7-8H2,1H3,(H2,15,17)(H,16,18). The number of nitrogens with two attached hydrogens (primary N) is 1. The van der Waals surface area contributed by atoms with Crippen molar-refractivity contribution in [3.63, 3.8) is 0 Å². The van der Waals surface area contributed by atoms with Crippen molar-refractivity contribution in [1.29, 1.82) is 0 Å². The van der Waals surface area contributed by atoms with E-state index in [2.05, 4.69) is 10.5 Å². The highest BCUT2D eigenvalue weighted by Gasteiger charge is 2.33. The van der Waals surface area contributed by atoms with Crippen molar-refractivity contribution in [1.82, 2.24) is 0 Å². The summed E-state index contributed by atoms with van der Waals surface area (Å²) in [5.41, 5.74) is 6.63. The minimum absolute atomic E-state index is 0.0318. The van der Waals surface area contributed by atoms with Gasteiger partial charge in [-0.1, -0.05) is 24.2 Å². The smallest absolute Gasteiger partial charge is 0.230 e. The van der Waals surface area contributed by atoms with Gasteiger partial charge in [0.05, 0.1) is 17.7 Å². The first kappa shape index (κ1) is 14.3. The van der Waals surface area contributed by atoms with E-state index < -0.39 is 0 Å². The number of amides is 1. The molecule has 0 aliphatic carbocycles. The number of oxime groups is 1. The van der Waals surface area contributed by atoms with Gasteiger partial charge in [-0.15, -0.1) is 0 Å². The Morgan fingerprint density at radius 3 is 3.00 bits per heavy atom. The summed E-state index contributed by atoms with van der Waals surface area (Å²) in [5.74, 6) is -0.275. The molecule has 2 rings (SSSR count). The van der Waals surface area contributed by atoms with Crippen LogP contribution in [0.15, 0.2) is 29.4 Å². The number of benzene rings is 1. The van der Waals surface area contributed by atoms with Crippen LogP contribution >= 0.6 is 0 Å². The maximum Gasteiger partial charge on any atom is 0.230 e. The molecule has 2 unspecified atom stereocenters. The number of nitrogens with one attached hydrogen (secondary N) is 1. The van der Waals surface area contributed by atoms with Gasteiger partial charge in [-0.05, 0) is 25.0 Å². The summed E-state index contributed by atoms with van der Waals surface area (Å²) < 4.78 is 5.52. The minimum Gasteiger partial charge on any atom is -0.409 e. The first-order valence-electron chi connectivity index (χ1n) is 6.66. The van der Waals surface area contributed by atoms with E-state index in [4.69, 9.17) is 15.7 Å². The van der Waals surface area contributed by atoms with Gasteiger partial charge in [-0.2, -0.15) is 0 Å². The van der Waals surface area contributed by atoms with Crippen LogP contribution in [0.4, 0.5) is 5.69 Å². The molecular formula is C14H19N3O3. The predicted octanol–water partition coefficient (Wildman–Crippen LogP) is 1.53. The summed E-state index contributed by atoms with van der Waals surface area (Å²) in [6.45, 7) is 2.61. The molecule has 2 atom stereocenters. The molecule has 6 heteroatoms. The van der Waals surface area contributed by atoms with Crippen LogP contribution < -0.4 is 11.1 Å². The molecule has 1 amide bonds. The van der Waals surface area contributed by atoms with Crippen molar-refractivity contribution >= 4 is 17.4 Å². The van der Waals surface area contributed by atoms with Gasteiger partial charge in [0.1, 0.15) is 0 Å². The highest BCUT2D eigenvalue weighted by molar-refractivity contribution is 6.05. The SMILES string of the molecule is CCC1OCCC1C(=O)Nc1ccccc1/C(N)=N/O. The number of hydrogen-bond acceptors (Lipinski definition) is 4. The third-order valence-corrected chi connectivity index (χ3v) is 3.52. The van der Waals surface area contributed by atoms with Gasteiger partial charge >= 0.3 is 0 Å². The number of anilines is 1. The number of carbonyl (C=O) groups is 1. The van der Waals surface area contributed by atoms with E-state index in [1.165, 1.54) is 0 Å². The molecule has 4 N–H and O–H groups in total. The van der Waals surface area contributed by atoms with Crippen LogP contribution in [0.3, 0.4) is 0 Å². The number of para-hydroxylation sites is 1. The molecule has 1 saturated heterocycles. The van der Waals surface area contributed by atoms with Crippen LogP contribution in [0.25, 0.3) is 0 Å². The summed E-state index contributed by atoms with van der Waals surface area (Å²) in [4.78, 5) is 12.3. The van der Waals surface area contributed by atoms with E-state index in [0.717, 1.165) is 12.8 Å². The monoisotopic (exact) mass is 277 g/mol. The number of hydrogen-bond donors (Lipinski definition) is 3. The average molecular weight is 277 g/mol. The lowest BCUT2D eigenvalue weighted by molar-refractivity contribution is -0.121. The van der Waals surface area contributed by atoms with Crippen molar-refractivity contribution in [2.24, 2.45) is 16.8 Å². The Morgan fingerprint density at radius 2 is 2.30 bits per heavy atom. The molecule has 1 aliphatic heterocycles. The van der Waals surface area contributed by atoms with Crippen LogP contribution in [0.2, 0.25) is 0 Å². The Hall–Kier alpha value is -2.08. The molecule has 0 spiro atoms. The van der Waals surface area contributed by atoms with Crippen LogP contribution in [0.1, 0.15) is 25.3 Å². The molecule has 1 aromatic rings. The van der Waals surface area contributed by atoms with E-state index in [9.17, 15) is 4.79 Å². The van der Waals surface area contributed by atoms with Crippen molar-refractivity contribution in [2.45, 2.75) is 25.9 Å². The Morgan fingerprint density at radius 1 is 1.55 bits per heavy atom. The van der Waals surface area contributed by atoms with Crippen molar-refractivity contribution in [3.05, 3.63) is 29.8 Å². The third-order valence-electron chi connectivity index (χ3n) is 3.52. The van der Waals surface area contributed by atoms with Crippen molar-refractivity contribution < 1.29 is 14.7 Å². The maximum absolute atomic E-state index is 12.3. The Balaban J connectivity index is 2.16. The third kappa shape index (κ3) is 2.91. The van der Waals surface area contributed by atoms with E-state index >= 15 is 0 Å². The number of amidine groups is 1. The molecule has 0 saturated carbocycles. The molecule has 20 heavy (non-hydrogen) atoms. The molecule has 1 heterocycles. The first-order chi connectivity index (χ1) is 9.67. The Labute approximate surface area is 117 Å².